The summed E-state index contributed by atoms with van der Waals surface area (Å²) in [6.45, 7) is 0.00941. The Kier molecular flexibility index (Phi) is 10.2. The normalized spacial score (nSPS) is 15.7. The molecule has 4 rings (SSSR count). The number of hydrogen-bond donors (Lipinski definition) is 0. The van der Waals surface area contributed by atoms with Crippen molar-refractivity contribution in [3.05, 3.63) is 93.7 Å². The van der Waals surface area contributed by atoms with Gasteiger partial charge in [-0.25, -0.2) is 0 Å². The van der Waals surface area contributed by atoms with Crippen molar-refractivity contribution in [3.63, 3.8) is 0 Å². The number of methoxy groups -OCH3 is 2. The van der Waals surface area contributed by atoms with Gasteiger partial charge in [0.2, 0.25) is 0 Å². The topological polar surface area (TPSA) is 70.8 Å². The standard InChI is InChI=1S/C18H16NO5.C5H5.Fe/c1-21-13-7-8-15(17(10-13)22-2)16-9-14(24-19-16)11-23-18(20)12-5-3-4-6-12;1-2-4-5-3-1;/h3-10H,11H2,1-2H3;1-5H;/q;;+3. The molecule has 1 aromatic heterocycles. The van der Waals surface area contributed by atoms with Gasteiger partial charge in [0.05, 0.1) is 20.1 Å². The number of hydrogen-bond acceptors (Lipinski definition) is 6. The Labute approximate surface area is 189 Å². The first kappa shape index (κ1) is 24.3. The molecule has 0 bridgehead atoms. The van der Waals surface area contributed by atoms with E-state index in [4.69, 9.17) is 18.7 Å². The maximum Gasteiger partial charge on any atom is 3.00 e. The smallest absolute Gasteiger partial charge is 0.497 e. The third kappa shape index (κ3) is 6.78. The predicted octanol–water partition coefficient (Wildman–Crippen LogP) is 3.83. The van der Waals surface area contributed by atoms with Gasteiger partial charge in [-0.05, 0) is 69.9 Å². The van der Waals surface area contributed by atoms with Gasteiger partial charge >= 0.3 is 23.0 Å². The van der Waals surface area contributed by atoms with Crippen LogP contribution >= 0.6 is 0 Å². The van der Waals surface area contributed by atoms with Crippen LogP contribution in [0.2, 0.25) is 0 Å². The molecule has 0 saturated heterocycles. The largest absolute Gasteiger partial charge is 3.00 e. The summed E-state index contributed by atoms with van der Waals surface area (Å²) >= 11 is 0. The molecule has 153 valence electrons. The molecule has 30 heavy (non-hydrogen) atoms. The molecule has 0 spiro atoms. The van der Waals surface area contributed by atoms with Gasteiger partial charge in [0.25, 0.3) is 0 Å². The quantitative estimate of drug-likeness (QED) is 0.496. The van der Waals surface area contributed by atoms with Crippen molar-refractivity contribution in [1.82, 2.24) is 5.16 Å². The maximum atomic E-state index is 11.8. The number of rotatable bonds is 6. The Bertz CT molecular complexity index is 774. The zero-order chi connectivity index (χ0) is 20.5. The molecule has 0 amide bonds. The predicted molar refractivity (Wildman–Crippen MR) is 107 cm³/mol. The molecule has 0 N–H and O–H groups in total. The summed E-state index contributed by atoms with van der Waals surface area (Å²) in [7, 11) is 3.16. The van der Waals surface area contributed by atoms with Crippen LogP contribution in [0.15, 0.2) is 28.8 Å². The van der Waals surface area contributed by atoms with Crippen LogP contribution in [0.3, 0.4) is 0 Å². The van der Waals surface area contributed by atoms with Crippen LogP contribution < -0.4 is 9.47 Å². The SMILES string of the molecule is COc1ccc(-c2cc(COC(=O)[C]3[CH][CH][CH][CH]3)on2)c(OC)c1.[CH]1[CH][CH][CH][CH]1.[Fe+3]. The number of benzene rings is 1. The monoisotopic (exact) mass is 447 g/mol. The molecule has 11 radical (unpaired) electrons. The number of nitrogens with zero attached hydrogens (tertiary/aromatic N) is 1. The second-order valence-corrected chi connectivity index (χ2v) is 5.96. The first-order valence-electron chi connectivity index (χ1n) is 8.94. The fourth-order valence-corrected chi connectivity index (χ4v) is 2.57. The van der Waals surface area contributed by atoms with E-state index in [1.54, 1.807) is 52.0 Å². The Hall–Kier alpha value is -1.98. The molecule has 0 unspecified atom stereocenters. The van der Waals surface area contributed by atoms with Crippen molar-refractivity contribution in [3.8, 4) is 22.8 Å². The van der Waals surface area contributed by atoms with E-state index in [2.05, 4.69) is 5.16 Å². The van der Waals surface area contributed by atoms with E-state index >= 15 is 0 Å². The van der Waals surface area contributed by atoms with Crippen LogP contribution in [0, 0.1) is 63.7 Å². The minimum absolute atomic E-state index is 0. The van der Waals surface area contributed by atoms with E-state index in [1.165, 1.54) is 0 Å². The molecule has 2 aliphatic rings. The second-order valence-electron chi connectivity index (χ2n) is 5.96. The average molecular weight is 447 g/mol. The van der Waals surface area contributed by atoms with Crippen molar-refractivity contribution < 1.29 is 40.6 Å². The Morgan fingerprint density at radius 1 is 0.933 bits per heavy atom. The van der Waals surface area contributed by atoms with Crippen LogP contribution in [0.1, 0.15) is 5.76 Å². The van der Waals surface area contributed by atoms with Crippen LogP contribution in [0.5, 0.6) is 11.5 Å². The zero-order valence-corrected chi connectivity index (χ0v) is 17.7. The van der Waals surface area contributed by atoms with E-state index in [-0.39, 0.29) is 23.7 Å². The Morgan fingerprint density at radius 2 is 1.60 bits per heavy atom. The molecular weight excluding hydrogens is 426 g/mol. The van der Waals surface area contributed by atoms with E-state index < -0.39 is 5.97 Å². The van der Waals surface area contributed by atoms with Crippen LogP contribution in [0.25, 0.3) is 11.3 Å². The van der Waals surface area contributed by atoms with Gasteiger partial charge in [-0.3, -0.25) is 4.79 Å². The number of carbonyl (C=O) groups is 1. The first-order valence-corrected chi connectivity index (χ1v) is 8.94. The summed E-state index contributed by atoms with van der Waals surface area (Å²) < 4.78 is 20.9. The Balaban J connectivity index is 0.000000468. The molecule has 1 aromatic carbocycles. The summed E-state index contributed by atoms with van der Waals surface area (Å²) in [6.07, 6.45) is 16.9. The van der Waals surface area contributed by atoms with E-state index in [1.807, 2.05) is 44.2 Å². The van der Waals surface area contributed by atoms with Crippen molar-refractivity contribution in [2.75, 3.05) is 14.2 Å². The molecule has 1 heterocycles. The molecule has 2 fully saturated rings. The van der Waals surface area contributed by atoms with Gasteiger partial charge in [0, 0.05) is 17.7 Å². The van der Waals surface area contributed by atoms with E-state index in [0.717, 1.165) is 5.56 Å². The summed E-state index contributed by atoms with van der Waals surface area (Å²) in [5, 5.41) is 4.00. The fraction of sp³-hybridized carbons (Fsp3) is 0.130. The van der Waals surface area contributed by atoms with Crippen molar-refractivity contribution in [2.24, 2.45) is 0 Å². The van der Waals surface area contributed by atoms with Gasteiger partial charge in [0.1, 0.15) is 17.2 Å². The van der Waals surface area contributed by atoms with Gasteiger partial charge in [-0.15, -0.1) is 0 Å². The molecule has 2 aromatic rings. The van der Waals surface area contributed by atoms with Gasteiger partial charge in [-0.2, -0.15) is 0 Å². The van der Waals surface area contributed by atoms with E-state index in [0.29, 0.717) is 28.9 Å². The van der Waals surface area contributed by atoms with Gasteiger partial charge in [0.15, 0.2) is 12.4 Å². The molecule has 2 saturated carbocycles. The minimum Gasteiger partial charge on any atom is -0.497 e. The molecule has 0 atom stereocenters. The number of carbonyl (C=O) groups excluding carboxylic acids is 1. The summed E-state index contributed by atoms with van der Waals surface area (Å²) in [5.74, 6) is 1.85. The Morgan fingerprint density at radius 3 is 2.20 bits per heavy atom. The maximum absolute atomic E-state index is 11.8. The molecule has 7 heteroatoms. The summed E-state index contributed by atoms with van der Waals surface area (Å²) in [5.41, 5.74) is 1.35. The van der Waals surface area contributed by atoms with Gasteiger partial charge < -0.3 is 18.7 Å². The van der Waals surface area contributed by atoms with E-state index in [9.17, 15) is 4.79 Å². The molecule has 6 nitrogen and oxygen atoms in total. The number of aromatic nitrogens is 1. The third-order valence-electron chi connectivity index (χ3n) is 4.04. The zero-order valence-electron chi connectivity index (χ0n) is 16.6. The first-order chi connectivity index (χ1) is 14.2. The van der Waals surface area contributed by atoms with Gasteiger partial charge in [-0.1, -0.05) is 5.16 Å². The van der Waals surface area contributed by atoms with Crippen LogP contribution in [-0.2, 0) is 33.2 Å². The van der Waals surface area contributed by atoms with Crippen LogP contribution in [-0.4, -0.2) is 25.3 Å². The molecule has 2 aliphatic carbocycles. The van der Waals surface area contributed by atoms with Crippen molar-refractivity contribution in [2.45, 2.75) is 6.61 Å². The van der Waals surface area contributed by atoms with Crippen molar-refractivity contribution >= 4 is 5.97 Å². The average Bonchev–Trinajstić information content (AvgIpc) is 3.54. The minimum atomic E-state index is -0.403. The second kappa shape index (κ2) is 12.7. The molecule has 0 aliphatic heterocycles. The van der Waals surface area contributed by atoms with Crippen LogP contribution in [0.4, 0.5) is 0 Å². The van der Waals surface area contributed by atoms with Crippen molar-refractivity contribution in [1.29, 1.82) is 0 Å². The number of esters is 1. The fourth-order valence-electron chi connectivity index (χ4n) is 2.57. The number of ether oxygens (including phenoxy) is 3. The summed E-state index contributed by atoms with van der Waals surface area (Å²) in [4.78, 5) is 11.8. The molecular formula is C23H21FeNO5+3. The third-order valence-corrected chi connectivity index (χ3v) is 4.04. The summed E-state index contributed by atoms with van der Waals surface area (Å²) in [6, 6.07) is 7.11.